The van der Waals surface area contributed by atoms with Crippen LogP contribution in [0.5, 0.6) is 5.75 Å². The summed E-state index contributed by atoms with van der Waals surface area (Å²) >= 11 is 1.73. The number of thioether (sulfide) groups is 1. The monoisotopic (exact) mass is 443 g/mol. The van der Waals surface area contributed by atoms with Crippen molar-refractivity contribution < 1.29 is 13.2 Å². The van der Waals surface area contributed by atoms with E-state index < -0.39 is 10.0 Å². The van der Waals surface area contributed by atoms with E-state index >= 15 is 0 Å². The first-order valence-electron chi connectivity index (χ1n) is 9.97. The Labute approximate surface area is 181 Å². The van der Waals surface area contributed by atoms with Crippen LogP contribution in [0.4, 0.5) is 5.69 Å². The van der Waals surface area contributed by atoms with E-state index in [1.807, 2.05) is 51.2 Å². The maximum atomic E-state index is 13.2. The largest absolute Gasteiger partial charge is 0.492 e. The molecule has 4 rings (SSSR count). The van der Waals surface area contributed by atoms with Crippen LogP contribution in [0, 0.1) is 0 Å². The Hall–Kier alpha value is -2.45. The fourth-order valence-corrected chi connectivity index (χ4v) is 5.54. The number of nitrogens with one attached hydrogen (secondary N) is 1. The van der Waals surface area contributed by atoms with Crippen LogP contribution in [-0.4, -0.2) is 30.3 Å². The Bertz CT molecular complexity index is 1150. The van der Waals surface area contributed by atoms with Crippen LogP contribution in [0.3, 0.4) is 0 Å². The molecular formula is C22H25N3O3S2. The minimum absolute atomic E-state index is 0.151. The third-order valence-electron chi connectivity index (χ3n) is 4.94. The van der Waals surface area contributed by atoms with Crippen LogP contribution in [0.2, 0.25) is 0 Å². The molecule has 30 heavy (non-hydrogen) atoms. The second kappa shape index (κ2) is 8.35. The highest BCUT2D eigenvalue weighted by Crippen LogP contribution is 2.32. The Kier molecular flexibility index (Phi) is 5.79. The summed E-state index contributed by atoms with van der Waals surface area (Å²) in [6, 6.07) is 12.7. The van der Waals surface area contributed by atoms with Gasteiger partial charge in [-0.2, -0.15) is 0 Å². The normalized spacial score (nSPS) is 13.5. The molecule has 8 heteroatoms. The standard InChI is InChI=1S/C22H25N3O3S2/c1-4-28-20-9-8-16(15(2)3)13-21(20)30(26,27)24-18-7-5-6-17(12-18)19-14-25-10-11-29-22(25)23-19/h5-9,12-15,24H,4,10-11H2,1-3H3. The Balaban J connectivity index is 1.66. The van der Waals surface area contributed by atoms with Crippen molar-refractivity contribution in [2.75, 3.05) is 17.1 Å². The smallest absolute Gasteiger partial charge is 0.265 e. The molecule has 2 heterocycles. The first kappa shape index (κ1) is 20.8. The number of benzene rings is 2. The van der Waals surface area contributed by atoms with Crippen molar-refractivity contribution in [2.45, 2.75) is 43.3 Å². The van der Waals surface area contributed by atoms with Gasteiger partial charge in [0.15, 0.2) is 5.16 Å². The van der Waals surface area contributed by atoms with Crippen molar-refractivity contribution in [2.24, 2.45) is 0 Å². The minimum Gasteiger partial charge on any atom is -0.492 e. The van der Waals surface area contributed by atoms with Crippen molar-refractivity contribution in [3.63, 3.8) is 0 Å². The van der Waals surface area contributed by atoms with E-state index in [0.717, 1.165) is 34.3 Å². The van der Waals surface area contributed by atoms with E-state index in [0.29, 0.717) is 18.0 Å². The molecule has 0 spiro atoms. The van der Waals surface area contributed by atoms with Crippen LogP contribution >= 0.6 is 11.8 Å². The van der Waals surface area contributed by atoms with E-state index in [9.17, 15) is 8.42 Å². The molecule has 158 valence electrons. The average Bonchev–Trinajstić information content (AvgIpc) is 3.30. The Morgan fingerprint density at radius 2 is 2.07 bits per heavy atom. The molecule has 1 N–H and O–H groups in total. The SMILES string of the molecule is CCOc1ccc(C(C)C)cc1S(=O)(=O)Nc1cccc(-c2cn3c(n2)SCC3)c1. The molecule has 0 amide bonds. The summed E-state index contributed by atoms with van der Waals surface area (Å²) in [5.74, 6) is 1.60. The van der Waals surface area contributed by atoms with Gasteiger partial charge in [0.2, 0.25) is 0 Å². The number of hydrogen-bond acceptors (Lipinski definition) is 5. The molecule has 0 radical (unpaired) electrons. The van der Waals surface area contributed by atoms with Gasteiger partial charge in [0.05, 0.1) is 12.3 Å². The van der Waals surface area contributed by atoms with Gasteiger partial charge >= 0.3 is 0 Å². The van der Waals surface area contributed by atoms with Gasteiger partial charge in [-0.1, -0.05) is 43.8 Å². The molecule has 1 aromatic heterocycles. The lowest BCUT2D eigenvalue weighted by atomic mass is 10.0. The maximum Gasteiger partial charge on any atom is 0.265 e. The van der Waals surface area contributed by atoms with Crippen LogP contribution in [0.1, 0.15) is 32.3 Å². The zero-order chi connectivity index (χ0) is 21.3. The van der Waals surface area contributed by atoms with Gasteiger partial charge in [-0.3, -0.25) is 4.72 Å². The van der Waals surface area contributed by atoms with Gasteiger partial charge in [0.1, 0.15) is 10.6 Å². The topological polar surface area (TPSA) is 73.2 Å². The van der Waals surface area contributed by atoms with Crippen LogP contribution in [-0.2, 0) is 16.6 Å². The second-order valence-electron chi connectivity index (χ2n) is 7.43. The molecule has 0 aliphatic carbocycles. The van der Waals surface area contributed by atoms with Crippen LogP contribution < -0.4 is 9.46 Å². The number of rotatable bonds is 7. The van der Waals surface area contributed by atoms with Gasteiger partial charge in [-0.15, -0.1) is 0 Å². The lowest BCUT2D eigenvalue weighted by Gasteiger charge is -2.15. The number of sulfonamides is 1. The molecule has 1 aliphatic heterocycles. The fraction of sp³-hybridized carbons (Fsp3) is 0.318. The molecule has 2 aromatic carbocycles. The van der Waals surface area contributed by atoms with Crippen molar-refractivity contribution in [1.82, 2.24) is 9.55 Å². The highest BCUT2D eigenvalue weighted by Gasteiger charge is 2.22. The number of aryl methyl sites for hydroxylation is 1. The zero-order valence-electron chi connectivity index (χ0n) is 17.3. The lowest BCUT2D eigenvalue weighted by molar-refractivity contribution is 0.331. The molecular weight excluding hydrogens is 418 g/mol. The molecule has 0 saturated heterocycles. The van der Waals surface area contributed by atoms with Crippen molar-refractivity contribution >= 4 is 27.5 Å². The Morgan fingerprint density at radius 1 is 1.23 bits per heavy atom. The van der Waals surface area contributed by atoms with Crippen molar-refractivity contribution in [3.05, 3.63) is 54.2 Å². The lowest BCUT2D eigenvalue weighted by Crippen LogP contribution is -2.15. The van der Waals surface area contributed by atoms with E-state index in [-0.39, 0.29) is 10.8 Å². The summed E-state index contributed by atoms with van der Waals surface area (Å²) in [4.78, 5) is 4.81. The highest BCUT2D eigenvalue weighted by atomic mass is 32.2. The first-order chi connectivity index (χ1) is 14.4. The first-order valence-corrected chi connectivity index (χ1v) is 12.4. The predicted octanol–water partition coefficient (Wildman–Crippen LogP) is 4.98. The van der Waals surface area contributed by atoms with E-state index in [4.69, 9.17) is 4.74 Å². The van der Waals surface area contributed by atoms with Crippen molar-refractivity contribution in [1.29, 1.82) is 0 Å². The van der Waals surface area contributed by atoms with E-state index in [1.165, 1.54) is 0 Å². The van der Waals surface area contributed by atoms with E-state index in [2.05, 4.69) is 14.3 Å². The second-order valence-corrected chi connectivity index (χ2v) is 10.1. The predicted molar refractivity (Wildman–Crippen MR) is 121 cm³/mol. The Morgan fingerprint density at radius 3 is 2.80 bits per heavy atom. The van der Waals surface area contributed by atoms with Gasteiger partial charge in [-0.05, 0) is 42.7 Å². The number of ether oxygens (including phenoxy) is 1. The molecule has 0 unspecified atom stereocenters. The van der Waals surface area contributed by atoms with E-state index in [1.54, 1.807) is 30.0 Å². The van der Waals surface area contributed by atoms with Crippen molar-refractivity contribution in [3.8, 4) is 17.0 Å². The number of nitrogens with zero attached hydrogens (tertiary/aromatic N) is 2. The number of anilines is 1. The molecule has 1 aliphatic rings. The summed E-state index contributed by atoms with van der Waals surface area (Å²) in [6.07, 6.45) is 2.02. The number of hydrogen-bond donors (Lipinski definition) is 1. The third kappa shape index (κ3) is 4.20. The quantitative estimate of drug-likeness (QED) is 0.558. The molecule has 3 aromatic rings. The van der Waals surface area contributed by atoms with Gasteiger partial charge in [0, 0.05) is 29.7 Å². The maximum absolute atomic E-state index is 13.2. The summed E-state index contributed by atoms with van der Waals surface area (Å²) in [5, 5.41) is 1.00. The van der Waals surface area contributed by atoms with Crippen LogP contribution in [0.25, 0.3) is 11.3 Å². The number of aromatic nitrogens is 2. The molecule has 0 bridgehead atoms. The summed E-state index contributed by atoms with van der Waals surface area (Å²) < 4.78 is 36.9. The minimum atomic E-state index is -3.82. The summed E-state index contributed by atoms with van der Waals surface area (Å²) in [7, 11) is -3.82. The average molecular weight is 444 g/mol. The van der Waals surface area contributed by atoms with Gasteiger partial charge in [-0.25, -0.2) is 13.4 Å². The zero-order valence-corrected chi connectivity index (χ0v) is 18.9. The molecule has 6 nitrogen and oxygen atoms in total. The van der Waals surface area contributed by atoms with Gasteiger partial charge in [0.25, 0.3) is 10.0 Å². The molecule has 0 atom stereocenters. The number of imidazole rings is 1. The molecule has 0 saturated carbocycles. The fourth-order valence-electron chi connectivity index (χ4n) is 3.37. The third-order valence-corrected chi connectivity index (χ3v) is 7.31. The highest BCUT2D eigenvalue weighted by molar-refractivity contribution is 7.99. The summed E-state index contributed by atoms with van der Waals surface area (Å²) in [6.45, 7) is 7.24. The van der Waals surface area contributed by atoms with Gasteiger partial charge < -0.3 is 9.30 Å². The molecule has 0 fully saturated rings. The van der Waals surface area contributed by atoms with Crippen LogP contribution in [0.15, 0.2) is 58.7 Å². The summed E-state index contributed by atoms with van der Waals surface area (Å²) in [5.41, 5.74) is 3.15. The number of fused-ring (bicyclic) bond motifs is 1.